The number of carbonyl (C=O) groups excluding carboxylic acids is 1. The minimum atomic E-state index is -0.102. The monoisotopic (exact) mass is 321 g/mol. The molecule has 3 aromatic rings. The summed E-state index contributed by atoms with van der Waals surface area (Å²) in [5.41, 5.74) is 0.963. The van der Waals surface area contributed by atoms with E-state index in [0.717, 1.165) is 34.5 Å². The van der Waals surface area contributed by atoms with E-state index < -0.39 is 0 Å². The van der Waals surface area contributed by atoms with E-state index in [-0.39, 0.29) is 11.2 Å². The van der Waals surface area contributed by atoms with E-state index >= 15 is 0 Å². The van der Waals surface area contributed by atoms with Crippen LogP contribution < -0.4 is 4.90 Å². The molecule has 0 unspecified atom stereocenters. The molecule has 0 spiro atoms. The minimum Gasteiger partial charge on any atom is -0.311 e. The SMILES string of the molecule is O=C1[C@@H](Sc2nncc3ccccc23)CCN1c1ccccc1. The number of amides is 1. The molecule has 23 heavy (non-hydrogen) atoms. The van der Waals surface area contributed by atoms with Crippen LogP contribution in [0.5, 0.6) is 0 Å². The van der Waals surface area contributed by atoms with Gasteiger partial charge in [-0.1, -0.05) is 54.2 Å². The Labute approximate surface area is 138 Å². The van der Waals surface area contributed by atoms with E-state index in [1.54, 1.807) is 6.20 Å². The predicted octanol–water partition coefficient (Wildman–Crippen LogP) is 3.53. The van der Waals surface area contributed by atoms with Crippen molar-refractivity contribution in [2.24, 2.45) is 0 Å². The predicted molar refractivity (Wildman–Crippen MR) is 92.6 cm³/mol. The molecule has 5 heteroatoms. The summed E-state index contributed by atoms with van der Waals surface area (Å²) in [4.78, 5) is 14.6. The molecule has 1 atom stereocenters. The van der Waals surface area contributed by atoms with Gasteiger partial charge in [0.15, 0.2) is 0 Å². The van der Waals surface area contributed by atoms with Gasteiger partial charge in [-0.2, -0.15) is 5.10 Å². The molecule has 2 heterocycles. The van der Waals surface area contributed by atoms with Gasteiger partial charge in [-0.3, -0.25) is 4.79 Å². The summed E-state index contributed by atoms with van der Waals surface area (Å²) in [5.74, 6) is 0.149. The van der Waals surface area contributed by atoms with Gasteiger partial charge in [0.2, 0.25) is 5.91 Å². The maximum Gasteiger partial charge on any atom is 0.240 e. The van der Waals surface area contributed by atoms with Crippen molar-refractivity contribution in [3.8, 4) is 0 Å². The lowest BCUT2D eigenvalue weighted by atomic mass is 10.2. The summed E-state index contributed by atoms with van der Waals surface area (Å²) in [5, 5.41) is 11.1. The highest BCUT2D eigenvalue weighted by atomic mass is 32.2. The Morgan fingerprint density at radius 2 is 1.83 bits per heavy atom. The first-order valence-corrected chi connectivity index (χ1v) is 8.44. The third kappa shape index (κ3) is 2.68. The van der Waals surface area contributed by atoms with Gasteiger partial charge in [0, 0.05) is 23.0 Å². The standard InChI is InChI=1S/C18H15N3OS/c22-18-16(10-11-21(18)14-7-2-1-3-8-14)23-17-15-9-5-4-6-13(15)12-19-20-17/h1-9,12,16H,10-11H2/t16-/m0/s1. The zero-order valence-corrected chi connectivity index (χ0v) is 13.2. The zero-order valence-electron chi connectivity index (χ0n) is 12.4. The van der Waals surface area contributed by atoms with Crippen LogP contribution in [-0.4, -0.2) is 27.9 Å². The lowest BCUT2D eigenvalue weighted by Gasteiger charge is -2.16. The second kappa shape index (κ2) is 6.01. The van der Waals surface area contributed by atoms with Gasteiger partial charge in [0.1, 0.15) is 5.03 Å². The van der Waals surface area contributed by atoms with Crippen LogP contribution in [-0.2, 0) is 4.79 Å². The number of benzene rings is 2. The smallest absolute Gasteiger partial charge is 0.240 e. The number of nitrogens with zero attached hydrogens (tertiary/aromatic N) is 3. The number of para-hydroxylation sites is 1. The van der Waals surface area contributed by atoms with Crippen LogP contribution >= 0.6 is 11.8 Å². The van der Waals surface area contributed by atoms with E-state index in [4.69, 9.17) is 0 Å². The van der Waals surface area contributed by atoms with Crippen molar-refractivity contribution in [1.82, 2.24) is 10.2 Å². The molecule has 0 saturated carbocycles. The first-order valence-electron chi connectivity index (χ1n) is 7.56. The molecule has 0 radical (unpaired) electrons. The van der Waals surface area contributed by atoms with E-state index in [0.29, 0.717) is 0 Å². The number of fused-ring (bicyclic) bond motifs is 1. The van der Waals surface area contributed by atoms with Crippen LogP contribution in [0.15, 0.2) is 65.8 Å². The van der Waals surface area contributed by atoms with Crippen LogP contribution in [0.2, 0.25) is 0 Å². The Hall–Kier alpha value is -2.40. The number of hydrogen-bond donors (Lipinski definition) is 0. The van der Waals surface area contributed by atoms with Crippen LogP contribution in [0.25, 0.3) is 10.8 Å². The van der Waals surface area contributed by atoms with Crippen LogP contribution in [0.1, 0.15) is 6.42 Å². The van der Waals surface area contributed by atoms with E-state index in [1.165, 1.54) is 11.8 Å². The van der Waals surface area contributed by atoms with Gasteiger partial charge in [0.05, 0.1) is 11.4 Å². The summed E-state index contributed by atoms with van der Waals surface area (Å²) >= 11 is 1.52. The lowest BCUT2D eigenvalue weighted by molar-refractivity contribution is -0.116. The van der Waals surface area contributed by atoms with Crippen molar-refractivity contribution in [3.63, 3.8) is 0 Å². The molecular formula is C18H15N3OS. The van der Waals surface area contributed by atoms with Crippen LogP contribution in [0.4, 0.5) is 5.69 Å². The second-order valence-corrected chi connectivity index (χ2v) is 6.65. The largest absolute Gasteiger partial charge is 0.311 e. The minimum absolute atomic E-state index is 0.102. The fraction of sp³-hybridized carbons (Fsp3) is 0.167. The average molecular weight is 321 g/mol. The van der Waals surface area contributed by atoms with Crippen molar-refractivity contribution in [2.75, 3.05) is 11.4 Å². The summed E-state index contributed by atoms with van der Waals surface area (Å²) in [6.07, 6.45) is 2.58. The molecular weight excluding hydrogens is 306 g/mol. The van der Waals surface area contributed by atoms with Gasteiger partial charge in [0.25, 0.3) is 0 Å². The second-order valence-electron chi connectivity index (χ2n) is 5.46. The Kier molecular flexibility index (Phi) is 3.71. The molecule has 1 aromatic heterocycles. The molecule has 2 aromatic carbocycles. The van der Waals surface area contributed by atoms with Crippen molar-refractivity contribution in [3.05, 3.63) is 60.8 Å². The molecule has 0 bridgehead atoms. The quantitative estimate of drug-likeness (QED) is 0.740. The highest BCUT2D eigenvalue weighted by Crippen LogP contribution is 2.34. The van der Waals surface area contributed by atoms with Crippen molar-refractivity contribution >= 4 is 34.1 Å². The number of anilines is 1. The molecule has 0 aliphatic carbocycles. The highest BCUT2D eigenvalue weighted by Gasteiger charge is 2.33. The Bertz CT molecular complexity index is 848. The molecule has 4 nitrogen and oxygen atoms in total. The number of hydrogen-bond acceptors (Lipinski definition) is 4. The summed E-state index contributed by atoms with van der Waals surface area (Å²) < 4.78 is 0. The zero-order chi connectivity index (χ0) is 15.6. The third-order valence-corrected chi connectivity index (χ3v) is 5.26. The number of aromatic nitrogens is 2. The van der Waals surface area contributed by atoms with Gasteiger partial charge >= 0.3 is 0 Å². The Morgan fingerprint density at radius 1 is 1.04 bits per heavy atom. The van der Waals surface area contributed by atoms with Crippen molar-refractivity contribution in [2.45, 2.75) is 16.7 Å². The first-order chi connectivity index (χ1) is 11.3. The topological polar surface area (TPSA) is 46.1 Å². The summed E-state index contributed by atoms with van der Waals surface area (Å²) in [6, 6.07) is 17.8. The van der Waals surface area contributed by atoms with E-state index in [1.807, 2.05) is 59.5 Å². The fourth-order valence-electron chi connectivity index (χ4n) is 2.85. The summed E-state index contributed by atoms with van der Waals surface area (Å²) in [6.45, 7) is 0.749. The summed E-state index contributed by atoms with van der Waals surface area (Å²) in [7, 11) is 0. The fourth-order valence-corrected chi connectivity index (χ4v) is 3.98. The molecule has 0 N–H and O–H groups in total. The molecule has 114 valence electrons. The molecule has 1 aliphatic heterocycles. The van der Waals surface area contributed by atoms with Crippen molar-refractivity contribution < 1.29 is 4.79 Å². The maximum atomic E-state index is 12.7. The highest BCUT2D eigenvalue weighted by molar-refractivity contribution is 8.00. The first kappa shape index (κ1) is 14.2. The van der Waals surface area contributed by atoms with Gasteiger partial charge in [-0.25, -0.2) is 0 Å². The molecule has 4 rings (SSSR count). The molecule has 1 aliphatic rings. The number of carbonyl (C=O) groups is 1. The van der Waals surface area contributed by atoms with E-state index in [9.17, 15) is 4.79 Å². The third-order valence-electron chi connectivity index (χ3n) is 4.01. The van der Waals surface area contributed by atoms with Gasteiger partial charge in [-0.05, 0) is 18.6 Å². The molecule has 1 saturated heterocycles. The van der Waals surface area contributed by atoms with Crippen molar-refractivity contribution in [1.29, 1.82) is 0 Å². The Morgan fingerprint density at radius 3 is 2.70 bits per heavy atom. The molecule has 1 fully saturated rings. The van der Waals surface area contributed by atoms with Crippen LogP contribution in [0, 0.1) is 0 Å². The lowest BCUT2D eigenvalue weighted by Crippen LogP contribution is -2.27. The van der Waals surface area contributed by atoms with Gasteiger partial charge < -0.3 is 4.90 Å². The van der Waals surface area contributed by atoms with E-state index in [2.05, 4.69) is 10.2 Å². The van der Waals surface area contributed by atoms with Gasteiger partial charge in [-0.15, -0.1) is 5.10 Å². The number of thioether (sulfide) groups is 1. The number of rotatable bonds is 3. The van der Waals surface area contributed by atoms with Crippen LogP contribution in [0.3, 0.4) is 0 Å². The Balaban J connectivity index is 1.59. The maximum absolute atomic E-state index is 12.7. The molecule has 1 amide bonds. The normalized spacial score (nSPS) is 17.8. The average Bonchev–Trinajstić information content (AvgIpc) is 2.97.